The zero-order valence-electron chi connectivity index (χ0n) is 16.2. The van der Waals surface area contributed by atoms with Crippen LogP contribution >= 0.6 is 11.6 Å². The Balaban J connectivity index is 1.36. The molecule has 2 aromatic carbocycles. The summed E-state index contributed by atoms with van der Waals surface area (Å²) in [6.45, 7) is 2.47. The molecule has 0 bridgehead atoms. The lowest BCUT2D eigenvalue weighted by atomic mass is 10.1. The molecule has 7 nitrogen and oxygen atoms in total. The number of ether oxygens (including phenoxy) is 3. The minimum absolute atomic E-state index is 0.139. The number of benzene rings is 2. The number of halogens is 1. The van der Waals surface area contributed by atoms with E-state index < -0.39 is 0 Å². The number of methoxy groups -OCH3 is 1. The summed E-state index contributed by atoms with van der Waals surface area (Å²) in [6, 6.07) is 11.1. The van der Waals surface area contributed by atoms with Gasteiger partial charge in [0.2, 0.25) is 0 Å². The molecule has 1 saturated heterocycles. The van der Waals surface area contributed by atoms with Crippen LogP contribution in [0.2, 0.25) is 5.02 Å². The molecule has 29 heavy (non-hydrogen) atoms. The van der Waals surface area contributed by atoms with Crippen LogP contribution in [0.3, 0.4) is 0 Å². The predicted molar refractivity (Wildman–Crippen MR) is 113 cm³/mol. The van der Waals surface area contributed by atoms with Crippen LogP contribution in [0.5, 0.6) is 17.2 Å². The van der Waals surface area contributed by atoms with Gasteiger partial charge in [-0.15, -0.1) is 0 Å². The summed E-state index contributed by atoms with van der Waals surface area (Å²) < 4.78 is 16.4. The summed E-state index contributed by atoms with van der Waals surface area (Å²) in [5.74, 6) is 2.10. The second kappa shape index (κ2) is 8.69. The molecule has 2 N–H and O–H groups in total. The Kier molecular flexibility index (Phi) is 5.85. The van der Waals surface area contributed by atoms with Gasteiger partial charge in [-0.05, 0) is 43.2 Å². The van der Waals surface area contributed by atoms with Crippen LogP contribution in [0.4, 0.5) is 16.2 Å². The van der Waals surface area contributed by atoms with Crippen molar-refractivity contribution in [2.24, 2.45) is 0 Å². The van der Waals surface area contributed by atoms with Crippen molar-refractivity contribution in [2.75, 3.05) is 44.0 Å². The topological polar surface area (TPSA) is 72.1 Å². The number of urea groups is 1. The van der Waals surface area contributed by atoms with Crippen molar-refractivity contribution in [3.05, 3.63) is 41.4 Å². The average molecular weight is 418 g/mol. The van der Waals surface area contributed by atoms with Crippen LogP contribution < -0.4 is 24.8 Å². The van der Waals surface area contributed by atoms with Gasteiger partial charge in [0.15, 0.2) is 11.5 Å². The largest absolute Gasteiger partial charge is 0.495 e. The SMILES string of the molecule is COc1ccc(NC(=O)N2CCCC(Nc3ccc4c(c3)OCCO4)C2)cc1Cl. The first-order valence-electron chi connectivity index (χ1n) is 9.68. The van der Waals surface area contributed by atoms with E-state index in [1.807, 2.05) is 23.1 Å². The third-order valence-electron chi connectivity index (χ3n) is 5.02. The number of likely N-dealkylation sites (tertiary alicyclic amines) is 1. The molecule has 0 radical (unpaired) electrons. The molecule has 2 aliphatic rings. The molecule has 2 amide bonds. The highest BCUT2D eigenvalue weighted by molar-refractivity contribution is 6.32. The van der Waals surface area contributed by atoms with Gasteiger partial charge < -0.3 is 29.7 Å². The van der Waals surface area contributed by atoms with Crippen molar-refractivity contribution in [1.29, 1.82) is 0 Å². The Morgan fingerprint density at radius 1 is 1.14 bits per heavy atom. The van der Waals surface area contributed by atoms with E-state index in [4.69, 9.17) is 25.8 Å². The first-order chi connectivity index (χ1) is 14.1. The number of anilines is 2. The average Bonchev–Trinajstić information content (AvgIpc) is 2.74. The van der Waals surface area contributed by atoms with Crippen LogP contribution in [0.15, 0.2) is 36.4 Å². The molecule has 154 valence electrons. The minimum Gasteiger partial charge on any atom is -0.495 e. The first-order valence-corrected chi connectivity index (χ1v) is 10.1. The summed E-state index contributed by atoms with van der Waals surface area (Å²) in [4.78, 5) is 14.5. The summed E-state index contributed by atoms with van der Waals surface area (Å²) >= 11 is 6.14. The number of hydrogen-bond acceptors (Lipinski definition) is 5. The molecule has 8 heteroatoms. The number of rotatable bonds is 4. The quantitative estimate of drug-likeness (QED) is 0.779. The number of carbonyl (C=O) groups excluding carboxylic acids is 1. The van der Waals surface area contributed by atoms with Gasteiger partial charge in [0.25, 0.3) is 0 Å². The summed E-state index contributed by atoms with van der Waals surface area (Å²) in [6.07, 6.45) is 1.92. The van der Waals surface area contributed by atoms with E-state index in [9.17, 15) is 4.79 Å². The van der Waals surface area contributed by atoms with Crippen molar-refractivity contribution in [1.82, 2.24) is 4.90 Å². The molecule has 0 spiro atoms. The molecule has 4 rings (SSSR count). The smallest absolute Gasteiger partial charge is 0.321 e. The fourth-order valence-electron chi connectivity index (χ4n) is 3.59. The standard InChI is InChI=1S/C21H24ClN3O4/c1-27-18-6-4-14(11-17(18)22)24-21(26)25-8-2-3-16(13-25)23-15-5-7-19-20(12-15)29-10-9-28-19/h4-7,11-12,16,23H,2-3,8-10,13H2,1H3,(H,24,26). The molecule has 0 aromatic heterocycles. The van der Waals surface area contributed by atoms with E-state index in [0.717, 1.165) is 36.6 Å². The molecular formula is C21H24ClN3O4. The number of fused-ring (bicyclic) bond motifs is 1. The molecule has 2 aromatic rings. The highest BCUT2D eigenvalue weighted by Gasteiger charge is 2.24. The van der Waals surface area contributed by atoms with Gasteiger partial charge in [0, 0.05) is 36.6 Å². The Morgan fingerprint density at radius 3 is 2.72 bits per heavy atom. The van der Waals surface area contributed by atoms with Gasteiger partial charge in [-0.2, -0.15) is 0 Å². The fraction of sp³-hybridized carbons (Fsp3) is 0.381. The zero-order valence-corrected chi connectivity index (χ0v) is 17.0. The first kappa shape index (κ1) is 19.5. The third kappa shape index (κ3) is 4.62. The Bertz CT molecular complexity index is 892. The molecule has 1 atom stereocenters. The van der Waals surface area contributed by atoms with Crippen molar-refractivity contribution in [3.63, 3.8) is 0 Å². The van der Waals surface area contributed by atoms with Gasteiger partial charge in [0.05, 0.1) is 12.1 Å². The van der Waals surface area contributed by atoms with Gasteiger partial charge >= 0.3 is 6.03 Å². The normalized spacial score (nSPS) is 18.1. The molecule has 1 fully saturated rings. The van der Waals surface area contributed by atoms with E-state index in [1.165, 1.54) is 0 Å². The van der Waals surface area contributed by atoms with E-state index in [1.54, 1.807) is 25.3 Å². The van der Waals surface area contributed by atoms with E-state index in [2.05, 4.69) is 10.6 Å². The number of hydrogen-bond donors (Lipinski definition) is 2. The van der Waals surface area contributed by atoms with Gasteiger partial charge in [-0.1, -0.05) is 11.6 Å². The van der Waals surface area contributed by atoms with Crippen LogP contribution in [0, 0.1) is 0 Å². The van der Waals surface area contributed by atoms with Crippen molar-refractivity contribution in [2.45, 2.75) is 18.9 Å². The monoisotopic (exact) mass is 417 g/mol. The molecule has 2 heterocycles. The summed E-state index contributed by atoms with van der Waals surface area (Å²) in [5.41, 5.74) is 1.60. The van der Waals surface area contributed by atoms with Crippen molar-refractivity contribution in [3.8, 4) is 17.2 Å². The Labute approximate surface area is 174 Å². The van der Waals surface area contributed by atoms with E-state index in [0.29, 0.717) is 36.2 Å². The van der Waals surface area contributed by atoms with Gasteiger partial charge in [-0.3, -0.25) is 0 Å². The lowest BCUT2D eigenvalue weighted by Crippen LogP contribution is -2.46. The molecule has 0 aliphatic carbocycles. The number of nitrogens with one attached hydrogen (secondary N) is 2. The van der Waals surface area contributed by atoms with E-state index >= 15 is 0 Å². The second-order valence-electron chi connectivity index (χ2n) is 7.07. The number of carbonyl (C=O) groups is 1. The third-order valence-corrected chi connectivity index (χ3v) is 5.32. The van der Waals surface area contributed by atoms with Crippen LogP contribution in [-0.4, -0.2) is 50.4 Å². The number of nitrogens with zero attached hydrogens (tertiary/aromatic N) is 1. The predicted octanol–water partition coefficient (Wildman–Crippen LogP) is 4.23. The zero-order chi connectivity index (χ0) is 20.2. The van der Waals surface area contributed by atoms with Gasteiger partial charge in [-0.25, -0.2) is 4.79 Å². The summed E-state index contributed by atoms with van der Waals surface area (Å²) in [5, 5.41) is 6.88. The Morgan fingerprint density at radius 2 is 1.93 bits per heavy atom. The number of piperidine rings is 1. The van der Waals surface area contributed by atoms with Gasteiger partial charge in [0.1, 0.15) is 19.0 Å². The van der Waals surface area contributed by atoms with Crippen molar-refractivity contribution >= 4 is 29.0 Å². The lowest BCUT2D eigenvalue weighted by molar-refractivity contribution is 0.171. The second-order valence-corrected chi connectivity index (χ2v) is 7.47. The maximum atomic E-state index is 12.7. The van der Waals surface area contributed by atoms with Crippen LogP contribution in [0.25, 0.3) is 0 Å². The lowest BCUT2D eigenvalue weighted by Gasteiger charge is -2.34. The summed E-state index contributed by atoms with van der Waals surface area (Å²) in [7, 11) is 1.56. The molecule has 2 aliphatic heterocycles. The maximum absolute atomic E-state index is 12.7. The van der Waals surface area contributed by atoms with Crippen molar-refractivity contribution < 1.29 is 19.0 Å². The highest BCUT2D eigenvalue weighted by Crippen LogP contribution is 2.33. The molecular weight excluding hydrogens is 394 g/mol. The van der Waals surface area contributed by atoms with Crippen LogP contribution in [-0.2, 0) is 0 Å². The Hall–Kier alpha value is -2.80. The maximum Gasteiger partial charge on any atom is 0.321 e. The molecule has 1 unspecified atom stereocenters. The molecule has 0 saturated carbocycles. The fourth-order valence-corrected chi connectivity index (χ4v) is 3.85. The number of amides is 2. The highest BCUT2D eigenvalue weighted by atomic mass is 35.5. The minimum atomic E-state index is -0.139. The van der Waals surface area contributed by atoms with E-state index in [-0.39, 0.29) is 12.1 Å². The van der Waals surface area contributed by atoms with Crippen LogP contribution in [0.1, 0.15) is 12.8 Å².